The molecule has 23 heavy (non-hydrogen) atoms. The fourth-order valence-corrected chi connectivity index (χ4v) is 4.22. The summed E-state index contributed by atoms with van der Waals surface area (Å²) >= 11 is 1.02. The number of carbonyl (C=O) groups is 1. The van der Waals surface area contributed by atoms with E-state index in [1.165, 1.54) is 6.42 Å². The Morgan fingerprint density at radius 3 is 2.70 bits per heavy atom. The van der Waals surface area contributed by atoms with Gasteiger partial charge in [0, 0.05) is 24.8 Å². The van der Waals surface area contributed by atoms with E-state index in [9.17, 15) is 14.4 Å². The molecular weight excluding hydrogens is 315 g/mol. The van der Waals surface area contributed by atoms with Crippen LogP contribution < -0.4 is 4.90 Å². The van der Waals surface area contributed by atoms with Crippen LogP contribution in [0.3, 0.4) is 0 Å². The molecule has 2 heterocycles. The molecule has 4 nitrogen and oxygen atoms in total. The summed E-state index contributed by atoms with van der Waals surface area (Å²) in [6.45, 7) is 1.90. The number of hydrogen-bond donors (Lipinski definition) is 1. The highest BCUT2D eigenvalue weighted by Gasteiger charge is 2.31. The fraction of sp³-hybridized carbons (Fsp3) is 0.412. The molecule has 6 heteroatoms. The molecule has 1 atom stereocenters. The Morgan fingerprint density at radius 2 is 2.09 bits per heavy atom. The summed E-state index contributed by atoms with van der Waals surface area (Å²) in [5.74, 6) is -1.80. The molecule has 3 rings (SSSR count). The topological polar surface area (TPSA) is 64.3 Å². The first-order valence-electron chi connectivity index (χ1n) is 7.67. The van der Waals surface area contributed by atoms with Crippen molar-refractivity contribution in [2.45, 2.75) is 30.9 Å². The van der Waals surface area contributed by atoms with Crippen LogP contribution in [0.25, 0.3) is 0 Å². The van der Waals surface area contributed by atoms with Gasteiger partial charge in [0.05, 0.1) is 11.3 Å². The van der Waals surface area contributed by atoms with E-state index < -0.39 is 11.8 Å². The number of rotatable bonds is 3. The molecule has 120 valence electrons. The molecule has 0 radical (unpaired) electrons. The Labute approximate surface area is 138 Å². The minimum atomic E-state index is -1.22. The van der Waals surface area contributed by atoms with E-state index >= 15 is 0 Å². The van der Waals surface area contributed by atoms with E-state index in [1.807, 2.05) is 12.1 Å². The lowest BCUT2D eigenvalue weighted by Gasteiger charge is -2.29. The molecule has 0 aliphatic carbocycles. The molecular formula is C17H17FN2O2S. The zero-order valence-corrected chi connectivity index (χ0v) is 13.4. The Morgan fingerprint density at radius 1 is 1.35 bits per heavy atom. The first kappa shape index (κ1) is 15.9. The molecule has 1 saturated heterocycles. The van der Waals surface area contributed by atoms with Gasteiger partial charge in [-0.25, -0.2) is 9.18 Å². The third kappa shape index (κ3) is 3.20. The van der Waals surface area contributed by atoms with Crippen LogP contribution in [0.1, 0.15) is 42.1 Å². The number of benzene rings is 1. The van der Waals surface area contributed by atoms with Gasteiger partial charge in [-0.05, 0) is 37.0 Å². The van der Waals surface area contributed by atoms with E-state index in [4.69, 9.17) is 5.11 Å². The third-order valence-corrected chi connectivity index (χ3v) is 5.63. The van der Waals surface area contributed by atoms with Crippen LogP contribution in [-0.2, 0) is 4.79 Å². The second-order valence-corrected chi connectivity index (χ2v) is 7.00. The van der Waals surface area contributed by atoms with Gasteiger partial charge < -0.3 is 10.0 Å². The normalized spacial score (nSPS) is 21.4. The number of piperidine rings is 1. The number of thioether (sulfide) groups is 1. The summed E-state index contributed by atoms with van der Waals surface area (Å²) in [5.41, 5.74) is 2.30. The van der Waals surface area contributed by atoms with Gasteiger partial charge in [-0.2, -0.15) is 5.26 Å². The molecule has 2 aliphatic heterocycles. The minimum absolute atomic E-state index is 0.0697. The number of aliphatic carboxylic acids is 1. The van der Waals surface area contributed by atoms with Gasteiger partial charge in [-0.1, -0.05) is 6.07 Å². The summed E-state index contributed by atoms with van der Waals surface area (Å²) in [6, 6.07) is 7.81. The van der Waals surface area contributed by atoms with Gasteiger partial charge >= 0.3 is 5.97 Å². The summed E-state index contributed by atoms with van der Waals surface area (Å²) in [4.78, 5) is 13.0. The lowest BCUT2D eigenvalue weighted by atomic mass is 10.0. The molecule has 1 aromatic rings. The van der Waals surface area contributed by atoms with Crippen LogP contribution in [0.4, 0.5) is 10.1 Å². The molecule has 1 fully saturated rings. The van der Waals surface area contributed by atoms with Crippen molar-refractivity contribution in [3.05, 3.63) is 40.1 Å². The van der Waals surface area contributed by atoms with Crippen molar-refractivity contribution in [3.8, 4) is 6.07 Å². The van der Waals surface area contributed by atoms with Crippen molar-refractivity contribution in [3.63, 3.8) is 0 Å². The summed E-state index contributed by atoms with van der Waals surface area (Å²) in [7, 11) is 0. The fourth-order valence-electron chi connectivity index (χ4n) is 3.11. The monoisotopic (exact) mass is 332 g/mol. The first-order valence-corrected chi connectivity index (χ1v) is 8.55. The molecule has 0 aromatic heterocycles. The number of anilines is 1. The molecule has 1 N–H and O–H groups in total. The number of carboxylic acids is 1. The predicted molar refractivity (Wildman–Crippen MR) is 87.9 cm³/mol. The molecule has 0 saturated carbocycles. The van der Waals surface area contributed by atoms with Gasteiger partial charge in [0.15, 0.2) is 0 Å². The van der Waals surface area contributed by atoms with E-state index in [0.29, 0.717) is 5.56 Å². The van der Waals surface area contributed by atoms with E-state index in [-0.39, 0.29) is 16.6 Å². The Bertz CT molecular complexity index is 705. The highest BCUT2D eigenvalue weighted by molar-refractivity contribution is 8.04. The molecule has 0 amide bonds. The lowest BCUT2D eigenvalue weighted by Crippen LogP contribution is -2.30. The number of carboxylic acid groups (broad SMARTS) is 1. The van der Waals surface area contributed by atoms with Crippen LogP contribution >= 0.6 is 11.8 Å². The first-order chi connectivity index (χ1) is 11.1. The zero-order chi connectivity index (χ0) is 16.4. The van der Waals surface area contributed by atoms with Crippen LogP contribution in [-0.4, -0.2) is 24.2 Å². The maximum Gasteiger partial charge on any atom is 0.344 e. The highest BCUT2D eigenvalue weighted by atomic mass is 32.2. The van der Waals surface area contributed by atoms with Gasteiger partial charge in [-0.3, -0.25) is 0 Å². The SMILES string of the molecule is N#Cc1cc(C2CC(F)=C(C(=O)O)S2)ccc1N1CCCCC1. The summed E-state index contributed by atoms with van der Waals surface area (Å²) < 4.78 is 13.7. The smallest absolute Gasteiger partial charge is 0.344 e. The van der Waals surface area contributed by atoms with Crippen LogP contribution in [0.2, 0.25) is 0 Å². The molecule has 1 unspecified atom stereocenters. The van der Waals surface area contributed by atoms with Crippen molar-refractivity contribution in [2.24, 2.45) is 0 Å². The molecule has 0 spiro atoms. The lowest BCUT2D eigenvalue weighted by molar-refractivity contribution is -0.131. The molecule has 1 aromatic carbocycles. The summed E-state index contributed by atoms with van der Waals surface area (Å²) in [5, 5.41) is 18.2. The second kappa shape index (κ2) is 6.63. The number of nitrogens with zero attached hydrogens (tertiary/aromatic N) is 2. The maximum absolute atomic E-state index is 13.7. The van der Waals surface area contributed by atoms with E-state index in [1.54, 1.807) is 6.07 Å². The molecule has 2 aliphatic rings. The van der Waals surface area contributed by atoms with Crippen molar-refractivity contribution >= 4 is 23.4 Å². The van der Waals surface area contributed by atoms with Crippen LogP contribution in [0, 0.1) is 11.3 Å². The number of allylic oxidation sites excluding steroid dienone is 1. The quantitative estimate of drug-likeness (QED) is 0.906. The number of hydrogen-bond acceptors (Lipinski definition) is 4. The minimum Gasteiger partial charge on any atom is -0.477 e. The van der Waals surface area contributed by atoms with Gasteiger partial charge in [-0.15, -0.1) is 11.8 Å². The van der Waals surface area contributed by atoms with Gasteiger partial charge in [0.2, 0.25) is 0 Å². The standard InChI is InChI=1S/C17H17FN2O2S/c18-13-9-15(23-16(13)17(21)22)11-4-5-14(12(8-11)10-19)20-6-2-1-3-7-20/h4-5,8,15H,1-3,6-7,9H2,(H,21,22). The van der Waals surface area contributed by atoms with E-state index in [0.717, 1.165) is 48.9 Å². The highest BCUT2D eigenvalue weighted by Crippen LogP contribution is 2.48. The van der Waals surface area contributed by atoms with E-state index in [2.05, 4.69) is 11.0 Å². The van der Waals surface area contributed by atoms with Crippen molar-refractivity contribution in [1.82, 2.24) is 0 Å². The van der Waals surface area contributed by atoms with Gasteiger partial charge in [0.25, 0.3) is 0 Å². The Hall–Kier alpha value is -2.00. The average Bonchev–Trinajstić information content (AvgIpc) is 2.97. The van der Waals surface area contributed by atoms with Gasteiger partial charge in [0.1, 0.15) is 16.8 Å². The predicted octanol–water partition coefficient (Wildman–Crippen LogP) is 3.99. The zero-order valence-electron chi connectivity index (χ0n) is 12.6. The van der Waals surface area contributed by atoms with Crippen molar-refractivity contribution < 1.29 is 14.3 Å². The van der Waals surface area contributed by atoms with Crippen LogP contribution in [0.15, 0.2) is 28.9 Å². The van der Waals surface area contributed by atoms with Crippen molar-refractivity contribution in [1.29, 1.82) is 5.26 Å². The third-order valence-electron chi connectivity index (χ3n) is 4.27. The average molecular weight is 332 g/mol. The number of nitriles is 1. The number of halogens is 1. The summed E-state index contributed by atoms with van der Waals surface area (Å²) in [6.07, 6.45) is 3.54. The molecule has 0 bridgehead atoms. The largest absolute Gasteiger partial charge is 0.477 e. The Balaban J connectivity index is 1.83. The van der Waals surface area contributed by atoms with Crippen molar-refractivity contribution in [2.75, 3.05) is 18.0 Å². The maximum atomic E-state index is 13.7. The second-order valence-electron chi connectivity index (χ2n) is 5.79. The Kier molecular flexibility index (Phi) is 4.58. The van der Waals surface area contributed by atoms with Crippen LogP contribution in [0.5, 0.6) is 0 Å².